The molecule has 0 unspecified atom stereocenters. The second-order valence-corrected chi connectivity index (χ2v) is 10.8. The fourth-order valence-corrected chi connectivity index (χ4v) is 5.45. The van der Waals surface area contributed by atoms with Crippen molar-refractivity contribution in [2.24, 2.45) is 5.92 Å². The topological polar surface area (TPSA) is 108 Å². The first-order chi connectivity index (χ1) is 19.4. The largest absolute Gasteiger partial charge is 0.492 e. The summed E-state index contributed by atoms with van der Waals surface area (Å²) in [6.45, 7) is 8.13. The molecule has 9 heteroatoms. The Hall–Kier alpha value is -4.45. The van der Waals surface area contributed by atoms with Gasteiger partial charge >= 0.3 is 0 Å². The first kappa shape index (κ1) is 27.1. The van der Waals surface area contributed by atoms with Gasteiger partial charge in [-0.3, -0.25) is 9.78 Å². The first-order valence-electron chi connectivity index (χ1n) is 13.9. The standard InChI is InChI=1S/C31H35N7O2/c1-4-40-26-16-27(30-24(18-32)20-35-38(30)21-26)23-8-9-28(34-19-23)37-13-10-31(11-14-37,36-29(39)15-22(2)3)17-25-7-5-6-12-33-25/h5-9,12,16,19-22H,4,10-11,13-15,17H2,1-3H3,(H,36,39). The number of hydrogen-bond acceptors (Lipinski definition) is 7. The van der Waals surface area contributed by atoms with Crippen LogP contribution in [0.15, 0.2) is 61.2 Å². The summed E-state index contributed by atoms with van der Waals surface area (Å²) >= 11 is 0. The molecular weight excluding hydrogens is 502 g/mol. The average Bonchev–Trinajstić information content (AvgIpc) is 3.36. The van der Waals surface area contributed by atoms with Gasteiger partial charge in [0.05, 0.1) is 30.1 Å². The first-order valence-corrected chi connectivity index (χ1v) is 13.9. The SMILES string of the molecule is CCOc1cc(-c2ccc(N3CCC(Cc4ccccn4)(NC(=O)CC(C)C)CC3)nc2)c2c(C#N)cnn2c1. The molecule has 0 spiro atoms. The lowest BCUT2D eigenvalue weighted by atomic mass is 9.82. The molecule has 0 aromatic carbocycles. The second kappa shape index (κ2) is 11.7. The molecule has 5 rings (SSSR count). The van der Waals surface area contributed by atoms with Gasteiger partial charge < -0.3 is 15.0 Å². The quantitative estimate of drug-likeness (QED) is 0.327. The van der Waals surface area contributed by atoms with Gasteiger partial charge in [-0.1, -0.05) is 19.9 Å². The molecule has 40 heavy (non-hydrogen) atoms. The number of ether oxygens (including phenoxy) is 1. The zero-order chi connectivity index (χ0) is 28.1. The van der Waals surface area contributed by atoms with E-state index in [0.29, 0.717) is 36.7 Å². The predicted octanol–water partition coefficient (Wildman–Crippen LogP) is 4.81. The van der Waals surface area contributed by atoms with Crippen LogP contribution in [0.3, 0.4) is 0 Å². The Morgan fingerprint density at radius 1 is 1.18 bits per heavy atom. The van der Waals surface area contributed by atoms with E-state index < -0.39 is 0 Å². The molecule has 206 valence electrons. The molecule has 1 N–H and O–H groups in total. The summed E-state index contributed by atoms with van der Waals surface area (Å²) < 4.78 is 7.43. The number of piperidine rings is 1. The van der Waals surface area contributed by atoms with E-state index in [0.717, 1.165) is 54.1 Å². The lowest BCUT2D eigenvalue weighted by Gasteiger charge is -2.43. The van der Waals surface area contributed by atoms with Crippen LogP contribution in [-0.2, 0) is 11.2 Å². The minimum Gasteiger partial charge on any atom is -0.492 e. The maximum atomic E-state index is 12.8. The smallest absolute Gasteiger partial charge is 0.220 e. The van der Waals surface area contributed by atoms with Crippen molar-refractivity contribution in [1.82, 2.24) is 24.9 Å². The van der Waals surface area contributed by atoms with Crippen LogP contribution >= 0.6 is 0 Å². The highest BCUT2D eigenvalue weighted by Gasteiger charge is 2.37. The fraction of sp³-hybridized carbons (Fsp3) is 0.387. The summed E-state index contributed by atoms with van der Waals surface area (Å²) in [5.74, 6) is 1.96. The van der Waals surface area contributed by atoms with Gasteiger partial charge in [-0.2, -0.15) is 10.4 Å². The van der Waals surface area contributed by atoms with Crippen molar-refractivity contribution < 1.29 is 9.53 Å². The van der Waals surface area contributed by atoms with E-state index in [1.165, 1.54) is 0 Å². The monoisotopic (exact) mass is 537 g/mol. The molecule has 1 amide bonds. The number of fused-ring (bicyclic) bond motifs is 1. The molecule has 4 aromatic rings. The zero-order valence-electron chi connectivity index (χ0n) is 23.3. The van der Waals surface area contributed by atoms with Crippen LogP contribution in [0.25, 0.3) is 16.6 Å². The highest BCUT2D eigenvalue weighted by atomic mass is 16.5. The number of amides is 1. The Labute approximate surface area is 234 Å². The highest BCUT2D eigenvalue weighted by molar-refractivity contribution is 5.85. The third kappa shape index (κ3) is 5.91. The van der Waals surface area contributed by atoms with Crippen molar-refractivity contribution >= 4 is 17.2 Å². The van der Waals surface area contributed by atoms with Crippen molar-refractivity contribution in [3.8, 4) is 22.9 Å². The molecular formula is C31H35N7O2. The van der Waals surface area contributed by atoms with Crippen LogP contribution < -0.4 is 15.0 Å². The maximum Gasteiger partial charge on any atom is 0.220 e. The number of anilines is 1. The van der Waals surface area contributed by atoms with Crippen LogP contribution in [0, 0.1) is 17.2 Å². The molecule has 0 saturated carbocycles. The summed E-state index contributed by atoms with van der Waals surface area (Å²) in [5.41, 5.74) is 3.62. The Bertz CT molecular complexity index is 1500. The number of aromatic nitrogens is 4. The van der Waals surface area contributed by atoms with Gasteiger partial charge in [-0.05, 0) is 56.0 Å². The van der Waals surface area contributed by atoms with Gasteiger partial charge in [0.25, 0.3) is 0 Å². The fourth-order valence-electron chi connectivity index (χ4n) is 5.45. The molecule has 1 fully saturated rings. The number of hydrogen-bond donors (Lipinski definition) is 1. The van der Waals surface area contributed by atoms with E-state index in [-0.39, 0.29) is 11.4 Å². The molecule has 5 heterocycles. The van der Waals surface area contributed by atoms with E-state index >= 15 is 0 Å². The molecule has 0 bridgehead atoms. The van der Waals surface area contributed by atoms with Crippen LogP contribution in [0.2, 0.25) is 0 Å². The number of nitrogens with zero attached hydrogens (tertiary/aromatic N) is 6. The van der Waals surface area contributed by atoms with Gasteiger partial charge in [-0.25, -0.2) is 9.50 Å². The van der Waals surface area contributed by atoms with Crippen molar-refractivity contribution in [1.29, 1.82) is 5.26 Å². The van der Waals surface area contributed by atoms with Gasteiger partial charge in [0, 0.05) is 60.7 Å². The number of carbonyl (C=O) groups excluding carboxylic acids is 1. The van der Waals surface area contributed by atoms with Crippen LogP contribution in [0.5, 0.6) is 5.75 Å². The van der Waals surface area contributed by atoms with Crippen molar-refractivity contribution in [2.75, 3.05) is 24.6 Å². The second-order valence-electron chi connectivity index (χ2n) is 10.8. The molecule has 0 atom stereocenters. The summed E-state index contributed by atoms with van der Waals surface area (Å²) in [7, 11) is 0. The van der Waals surface area contributed by atoms with E-state index in [9.17, 15) is 10.1 Å². The van der Waals surface area contributed by atoms with Gasteiger partial charge in [0.1, 0.15) is 17.6 Å². The average molecular weight is 538 g/mol. The van der Waals surface area contributed by atoms with E-state index in [2.05, 4.69) is 40.2 Å². The molecule has 4 aromatic heterocycles. The van der Waals surface area contributed by atoms with Crippen molar-refractivity contribution in [3.05, 3.63) is 72.4 Å². The normalized spacial score (nSPS) is 14.7. The third-order valence-electron chi connectivity index (χ3n) is 7.37. The lowest BCUT2D eigenvalue weighted by molar-refractivity contribution is -0.124. The van der Waals surface area contributed by atoms with Crippen LogP contribution in [-0.4, -0.2) is 50.7 Å². The Morgan fingerprint density at radius 3 is 2.65 bits per heavy atom. The van der Waals surface area contributed by atoms with Gasteiger partial charge in [0.15, 0.2) is 0 Å². The third-order valence-corrected chi connectivity index (χ3v) is 7.37. The Kier molecular flexibility index (Phi) is 7.96. The molecule has 9 nitrogen and oxygen atoms in total. The van der Waals surface area contributed by atoms with E-state index in [1.807, 2.05) is 49.5 Å². The summed E-state index contributed by atoms with van der Waals surface area (Å²) in [6, 6.07) is 14.2. The number of nitriles is 1. The zero-order valence-corrected chi connectivity index (χ0v) is 23.3. The predicted molar refractivity (Wildman–Crippen MR) is 154 cm³/mol. The van der Waals surface area contributed by atoms with E-state index in [4.69, 9.17) is 9.72 Å². The highest BCUT2D eigenvalue weighted by Crippen LogP contribution is 2.33. The molecule has 1 saturated heterocycles. The minimum atomic E-state index is -0.336. The van der Waals surface area contributed by atoms with E-state index in [1.54, 1.807) is 23.1 Å². The number of nitrogens with one attached hydrogen (secondary N) is 1. The van der Waals surface area contributed by atoms with Crippen LogP contribution in [0.1, 0.15) is 51.3 Å². The lowest BCUT2D eigenvalue weighted by Crippen LogP contribution is -2.57. The molecule has 0 radical (unpaired) electrons. The maximum absolute atomic E-state index is 12.8. The Balaban J connectivity index is 1.36. The summed E-state index contributed by atoms with van der Waals surface area (Å²) in [5, 5.41) is 17.4. The number of carbonyl (C=O) groups is 1. The van der Waals surface area contributed by atoms with Gasteiger partial charge in [0.2, 0.25) is 5.91 Å². The molecule has 0 aliphatic carbocycles. The number of rotatable bonds is 9. The summed E-state index contributed by atoms with van der Waals surface area (Å²) in [4.78, 5) is 24.4. The van der Waals surface area contributed by atoms with Crippen molar-refractivity contribution in [2.45, 2.75) is 52.0 Å². The van der Waals surface area contributed by atoms with Gasteiger partial charge in [-0.15, -0.1) is 0 Å². The molecule has 1 aliphatic rings. The van der Waals surface area contributed by atoms with Crippen molar-refractivity contribution in [3.63, 3.8) is 0 Å². The Morgan fingerprint density at radius 2 is 2.00 bits per heavy atom. The number of pyridine rings is 3. The van der Waals surface area contributed by atoms with Crippen LogP contribution in [0.4, 0.5) is 5.82 Å². The minimum absolute atomic E-state index is 0.0964. The molecule has 1 aliphatic heterocycles. The summed E-state index contributed by atoms with van der Waals surface area (Å²) in [6.07, 6.45) is 9.83.